The first-order valence-corrected chi connectivity index (χ1v) is 6.25. The summed E-state index contributed by atoms with van der Waals surface area (Å²) < 4.78 is 27.2. The molecule has 0 spiro atoms. The van der Waals surface area contributed by atoms with E-state index >= 15 is 0 Å². The van der Waals surface area contributed by atoms with Crippen LogP contribution >= 0.6 is 0 Å². The fourth-order valence-electron chi connectivity index (χ4n) is 2.13. The third-order valence-corrected chi connectivity index (χ3v) is 3.25. The van der Waals surface area contributed by atoms with Gasteiger partial charge in [0.05, 0.1) is 5.69 Å². The number of halogens is 2. The van der Waals surface area contributed by atoms with Gasteiger partial charge in [-0.2, -0.15) is 0 Å². The van der Waals surface area contributed by atoms with Gasteiger partial charge >= 0.3 is 0 Å². The molecule has 0 aliphatic carbocycles. The molecule has 2 aromatic heterocycles. The van der Waals surface area contributed by atoms with E-state index < -0.39 is 11.6 Å². The molecule has 0 saturated heterocycles. The second-order valence-electron chi connectivity index (χ2n) is 4.65. The molecule has 0 fully saturated rings. The molecule has 3 rings (SSSR count). The van der Waals surface area contributed by atoms with Crippen LogP contribution in [-0.2, 0) is 6.54 Å². The van der Waals surface area contributed by atoms with Crippen LogP contribution in [0, 0.1) is 18.6 Å². The molecule has 102 valence electrons. The number of fused-ring (bicyclic) bond motifs is 1. The highest BCUT2D eigenvalue weighted by Crippen LogP contribution is 2.21. The summed E-state index contributed by atoms with van der Waals surface area (Å²) in [7, 11) is 0. The number of nitrogens with one attached hydrogen (secondary N) is 2. The van der Waals surface area contributed by atoms with Crippen molar-refractivity contribution in [3.8, 4) is 0 Å². The van der Waals surface area contributed by atoms with Gasteiger partial charge in [-0.05, 0) is 36.2 Å². The summed E-state index contributed by atoms with van der Waals surface area (Å²) in [6.45, 7) is 1.93. The van der Waals surface area contributed by atoms with E-state index in [9.17, 15) is 8.78 Å². The van der Waals surface area contributed by atoms with E-state index in [-0.39, 0.29) is 5.69 Å². The highest BCUT2D eigenvalue weighted by Gasteiger charge is 2.08. The van der Waals surface area contributed by atoms with Crippen molar-refractivity contribution in [1.29, 1.82) is 0 Å². The zero-order chi connectivity index (χ0) is 14.1. The van der Waals surface area contributed by atoms with Crippen LogP contribution in [-0.4, -0.2) is 9.97 Å². The van der Waals surface area contributed by atoms with Gasteiger partial charge in [0.2, 0.25) is 0 Å². The lowest BCUT2D eigenvalue weighted by Gasteiger charge is -2.08. The van der Waals surface area contributed by atoms with Gasteiger partial charge in [0.1, 0.15) is 17.3 Å². The van der Waals surface area contributed by atoms with Crippen LogP contribution in [0.3, 0.4) is 0 Å². The maximum atomic E-state index is 13.7. The lowest BCUT2D eigenvalue weighted by atomic mass is 10.2. The second kappa shape index (κ2) is 4.92. The van der Waals surface area contributed by atoms with Gasteiger partial charge in [0, 0.05) is 30.4 Å². The Morgan fingerprint density at radius 3 is 2.95 bits per heavy atom. The van der Waals surface area contributed by atoms with Gasteiger partial charge in [0.25, 0.3) is 0 Å². The van der Waals surface area contributed by atoms with E-state index in [4.69, 9.17) is 0 Å². The zero-order valence-corrected chi connectivity index (χ0v) is 10.9. The molecular formula is C15H13F2N3. The molecule has 0 aliphatic heterocycles. The van der Waals surface area contributed by atoms with Gasteiger partial charge < -0.3 is 10.3 Å². The van der Waals surface area contributed by atoms with Crippen molar-refractivity contribution in [2.45, 2.75) is 13.5 Å². The Kier molecular flexibility index (Phi) is 3.10. The first-order chi connectivity index (χ1) is 9.65. The molecule has 0 radical (unpaired) electrons. The molecule has 2 heterocycles. The summed E-state index contributed by atoms with van der Waals surface area (Å²) in [4.78, 5) is 7.22. The lowest BCUT2D eigenvalue weighted by Crippen LogP contribution is -2.02. The highest BCUT2D eigenvalue weighted by molar-refractivity contribution is 5.79. The minimum Gasteiger partial charge on any atom is -0.378 e. The number of anilines is 1. The molecular weight excluding hydrogens is 260 g/mol. The summed E-state index contributed by atoms with van der Waals surface area (Å²) in [6, 6.07) is 6.14. The van der Waals surface area contributed by atoms with E-state index in [1.165, 1.54) is 19.1 Å². The van der Waals surface area contributed by atoms with Crippen LogP contribution in [0.4, 0.5) is 14.5 Å². The molecule has 0 atom stereocenters. The van der Waals surface area contributed by atoms with Crippen LogP contribution in [0.1, 0.15) is 11.1 Å². The maximum Gasteiger partial charge on any atom is 0.146 e. The molecule has 1 aromatic carbocycles. The zero-order valence-electron chi connectivity index (χ0n) is 10.9. The first-order valence-electron chi connectivity index (χ1n) is 6.25. The normalized spacial score (nSPS) is 10.9. The molecule has 0 saturated carbocycles. The summed E-state index contributed by atoms with van der Waals surface area (Å²) in [5.41, 5.74) is 2.18. The third-order valence-electron chi connectivity index (χ3n) is 3.25. The van der Waals surface area contributed by atoms with Gasteiger partial charge in [-0.25, -0.2) is 13.8 Å². The van der Waals surface area contributed by atoms with E-state index in [0.29, 0.717) is 12.1 Å². The molecule has 0 bridgehead atoms. The Labute approximate surface area is 114 Å². The van der Waals surface area contributed by atoms with E-state index in [1.54, 1.807) is 6.20 Å². The number of benzene rings is 1. The van der Waals surface area contributed by atoms with Crippen LogP contribution in [0.2, 0.25) is 0 Å². The number of aromatic amines is 1. The van der Waals surface area contributed by atoms with E-state index in [2.05, 4.69) is 15.3 Å². The summed E-state index contributed by atoms with van der Waals surface area (Å²) >= 11 is 0. The van der Waals surface area contributed by atoms with E-state index in [1.807, 2.05) is 18.3 Å². The molecule has 0 amide bonds. The minimum absolute atomic E-state index is 0.159. The number of aryl methyl sites for hydroxylation is 1. The summed E-state index contributed by atoms with van der Waals surface area (Å²) in [6.07, 6.45) is 3.51. The first kappa shape index (κ1) is 12.6. The number of nitrogens with zero attached hydrogens (tertiary/aromatic N) is 1. The van der Waals surface area contributed by atoms with Crippen molar-refractivity contribution < 1.29 is 8.78 Å². The van der Waals surface area contributed by atoms with Crippen LogP contribution in [0.25, 0.3) is 11.0 Å². The number of H-pyrrole nitrogens is 1. The standard InChI is InChI=1S/C15H13F2N3/c1-9-5-13(17)14(6-12(9)16)19-7-10-8-20-15-11(10)3-2-4-18-15/h2-6,8,19H,7H2,1H3,(H,18,20). The van der Waals surface area contributed by atoms with Crippen LogP contribution in [0.5, 0.6) is 0 Å². The largest absolute Gasteiger partial charge is 0.378 e. The highest BCUT2D eigenvalue weighted by atomic mass is 19.1. The Morgan fingerprint density at radius 1 is 1.25 bits per heavy atom. The van der Waals surface area contributed by atoms with Crippen molar-refractivity contribution in [3.63, 3.8) is 0 Å². The molecule has 3 nitrogen and oxygen atoms in total. The number of pyridine rings is 1. The second-order valence-corrected chi connectivity index (χ2v) is 4.65. The topological polar surface area (TPSA) is 40.7 Å². The minimum atomic E-state index is -0.457. The molecule has 3 aromatic rings. The molecule has 5 heteroatoms. The fraction of sp³-hybridized carbons (Fsp3) is 0.133. The number of hydrogen-bond acceptors (Lipinski definition) is 2. The number of hydrogen-bond donors (Lipinski definition) is 2. The maximum absolute atomic E-state index is 13.7. The number of rotatable bonds is 3. The average Bonchev–Trinajstić information content (AvgIpc) is 2.85. The Bertz CT molecular complexity index is 765. The SMILES string of the molecule is Cc1cc(F)c(NCc2c[nH]c3ncccc23)cc1F. The Balaban J connectivity index is 1.85. The number of aromatic nitrogens is 2. The average molecular weight is 273 g/mol. The monoisotopic (exact) mass is 273 g/mol. The molecule has 2 N–H and O–H groups in total. The molecule has 0 unspecified atom stereocenters. The predicted molar refractivity (Wildman–Crippen MR) is 74.5 cm³/mol. The van der Waals surface area contributed by atoms with Crippen LogP contribution in [0.15, 0.2) is 36.7 Å². The van der Waals surface area contributed by atoms with Crippen molar-refractivity contribution in [3.05, 3.63) is 59.4 Å². The quantitative estimate of drug-likeness (QED) is 0.762. The molecule has 0 aliphatic rings. The van der Waals surface area contributed by atoms with Gasteiger partial charge in [0.15, 0.2) is 0 Å². The van der Waals surface area contributed by atoms with E-state index in [0.717, 1.165) is 16.6 Å². The Morgan fingerprint density at radius 2 is 2.10 bits per heavy atom. The summed E-state index contributed by atoms with van der Waals surface area (Å²) in [5, 5.41) is 3.88. The Hall–Kier alpha value is -2.43. The smallest absolute Gasteiger partial charge is 0.146 e. The van der Waals surface area contributed by atoms with Gasteiger partial charge in [-0.15, -0.1) is 0 Å². The van der Waals surface area contributed by atoms with Crippen molar-refractivity contribution >= 4 is 16.7 Å². The fourth-order valence-corrected chi connectivity index (χ4v) is 2.13. The molecule has 20 heavy (non-hydrogen) atoms. The third kappa shape index (κ3) is 2.22. The van der Waals surface area contributed by atoms with Gasteiger partial charge in [-0.3, -0.25) is 0 Å². The van der Waals surface area contributed by atoms with Crippen molar-refractivity contribution in [1.82, 2.24) is 9.97 Å². The van der Waals surface area contributed by atoms with Crippen molar-refractivity contribution in [2.24, 2.45) is 0 Å². The van der Waals surface area contributed by atoms with Gasteiger partial charge in [-0.1, -0.05) is 0 Å². The predicted octanol–water partition coefficient (Wildman–Crippen LogP) is 3.76. The van der Waals surface area contributed by atoms with Crippen molar-refractivity contribution in [2.75, 3.05) is 5.32 Å². The van der Waals surface area contributed by atoms with Crippen LogP contribution < -0.4 is 5.32 Å². The lowest BCUT2D eigenvalue weighted by molar-refractivity contribution is 0.594. The summed E-state index contributed by atoms with van der Waals surface area (Å²) in [5.74, 6) is -0.878.